The van der Waals surface area contributed by atoms with Crippen molar-refractivity contribution in [1.29, 1.82) is 0 Å². The predicted molar refractivity (Wildman–Crippen MR) is 92.1 cm³/mol. The summed E-state index contributed by atoms with van der Waals surface area (Å²) >= 11 is 1.97. The zero-order valence-electron chi connectivity index (χ0n) is 13.9. The molecule has 1 atom stereocenters. The Labute approximate surface area is 141 Å². The van der Waals surface area contributed by atoms with E-state index in [4.69, 9.17) is 9.47 Å². The van der Waals surface area contributed by atoms with Crippen LogP contribution in [0.2, 0.25) is 0 Å². The number of carbonyl (C=O) groups excluding carboxylic acids is 1. The van der Waals surface area contributed by atoms with Gasteiger partial charge in [-0.05, 0) is 56.1 Å². The normalized spacial score (nSPS) is 19.0. The number of fused-ring (bicyclic) bond motifs is 1. The van der Waals surface area contributed by atoms with Gasteiger partial charge in [-0.3, -0.25) is 9.69 Å². The minimum absolute atomic E-state index is 0.144. The van der Waals surface area contributed by atoms with Crippen LogP contribution in [0.1, 0.15) is 24.4 Å². The Balaban J connectivity index is 1.81. The molecule has 0 N–H and O–H groups in total. The molecule has 126 valence electrons. The maximum atomic E-state index is 13.1. The summed E-state index contributed by atoms with van der Waals surface area (Å²) in [5.41, 5.74) is 0.946. The number of ether oxygens (including phenoxy) is 2. The highest BCUT2D eigenvalue weighted by Crippen LogP contribution is 2.36. The second kappa shape index (κ2) is 7.01. The monoisotopic (exact) mass is 336 g/mol. The standard InChI is InChI=1S/C17H24N2O3S/c1-18(2)16(12-4-5-14-15(10-12)22-11-21-14)17(20)19(3)13-6-8-23-9-7-13/h4-5,10,13,16H,6-9,11H2,1-3H3/t16-/m1/s1. The first-order valence-corrected chi connectivity index (χ1v) is 9.14. The fraction of sp³-hybridized carbons (Fsp3) is 0.588. The van der Waals surface area contributed by atoms with Crippen LogP contribution in [0.5, 0.6) is 11.5 Å². The van der Waals surface area contributed by atoms with Gasteiger partial charge in [-0.2, -0.15) is 11.8 Å². The third kappa shape index (κ3) is 3.43. The maximum absolute atomic E-state index is 13.1. The Morgan fingerprint density at radius 1 is 1.17 bits per heavy atom. The van der Waals surface area contributed by atoms with Gasteiger partial charge < -0.3 is 14.4 Å². The lowest BCUT2D eigenvalue weighted by molar-refractivity contribution is -0.137. The number of hydrogen-bond acceptors (Lipinski definition) is 5. The highest BCUT2D eigenvalue weighted by atomic mass is 32.2. The summed E-state index contributed by atoms with van der Waals surface area (Å²) in [6.07, 6.45) is 2.16. The molecule has 1 amide bonds. The van der Waals surface area contributed by atoms with Gasteiger partial charge in [0.2, 0.25) is 12.7 Å². The molecule has 23 heavy (non-hydrogen) atoms. The van der Waals surface area contributed by atoms with Crippen molar-refractivity contribution >= 4 is 17.7 Å². The molecule has 2 aliphatic rings. The number of thioether (sulfide) groups is 1. The SMILES string of the molecule is CN(C(=O)[C@@H](c1ccc2c(c1)OCO2)N(C)C)C1CCSCC1. The molecule has 6 heteroatoms. The Morgan fingerprint density at radius 3 is 2.57 bits per heavy atom. The molecule has 0 bridgehead atoms. The van der Waals surface area contributed by atoms with E-state index in [-0.39, 0.29) is 18.7 Å². The number of carbonyl (C=O) groups is 1. The van der Waals surface area contributed by atoms with Gasteiger partial charge >= 0.3 is 0 Å². The lowest BCUT2D eigenvalue weighted by Gasteiger charge is -2.35. The maximum Gasteiger partial charge on any atom is 0.244 e. The highest BCUT2D eigenvalue weighted by molar-refractivity contribution is 7.99. The fourth-order valence-corrected chi connectivity index (χ4v) is 4.27. The summed E-state index contributed by atoms with van der Waals surface area (Å²) in [5, 5.41) is 0. The third-order valence-corrected chi connectivity index (χ3v) is 5.60. The molecule has 3 rings (SSSR count). The van der Waals surface area contributed by atoms with Gasteiger partial charge in [0, 0.05) is 13.1 Å². The molecule has 0 spiro atoms. The molecule has 1 aromatic rings. The molecule has 5 nitrogen and oxygen atoms in total. The summed E-state index contributed by atoms with van der Waals surface area (Å²) in [5.74, 6) is 3.89. The van der Waals surface area contributed by atoms with E-state index in [0.29, 0.717) is 6.04 Å². The van der Waals surface area contributed by atoms with Crippen molar-refractivity contribution in [3.05, 3.63) is 23.8 Å². The van der Waals surface area contributed by atoms with E-state index in [1.807, 2.05) is 60.9 Å². The van der Waals surface area contributed by atoms with Gasteiger partial charge in [-0.25, -0.2) is 0 Å². The van der Waals surface area contributed by atoms with Crippen molar-refractivity contribution in [3.8, 4) is 11.5 Å². The quantitative estimate of drug-likeness (QED) is 0.844. The molecule has 1 saturated heterocycles. The number of hydrogen-bond donors (Lipinski definition) is 0. The molecule has 0 radical (unpaired) electrons. The zero-order valence-corrected chi connectivity index (χ0v) is 14.8. The fourth-order valence-electron chi connectivity index (χ4n) is 3.19. The van der Waals surface area contributed by atoms with E-state index in [1.165, 1.54) is 0 Å². The van der Waals surface area contributed by atoms with Crippen LogP contribution >= 0.6 is 11.8 Å². The lowest BCUT2D eigenvalue weighted by Crippen LogP contribution is -2.45. The molecule has 1 fully saturated rings. The smallest absolute Gasteiger partial charge is 0.244 e. The molecular formula is C17H24N2O3S. The minimum atomic E-state index is -0.302. The zero-order chi connectivity index (χ0) is 16.4. The van der Waals surface area contributed by atoms with Crippen LogP contribution in [0, 0.1) is 0 Å². The molecule has 2 aliphatic heterocycles. The average molecular weight is 336 g/mol. The molecule has 1 aromatic carbocycles. The van der Waals surface area contributed by atoms with Crippen molar-refractivity contribution in [2.75, 3.05) is 39.4 Å². The minimum Gasteiger partial charge on any atom is -0.454 e. The first-order valence-electron chi connectivity index (χ1n) is 7.98. The molecule has 2 heterocycles. The Hall–Kier alpha value is -1.40. The number of rotatable bonds is 4. The highest BCUT2D eigenvalue weighted by Gasteiger charge is 2.31. The van der Waals surface area contributed by atoms with Gasteiger partial charge in [-0.15, -0.1) is 0 Å². The van der Waals surface area contributed by atoms with Crippen molar-refractivity contribution in [2.24, 2.45) is 0 Å². The number of nitrogens with zero attached hydrogens (tertiary/aromatic N) is 2. The van der Waals surface area contributed by atoms with Crippen molar-refractivity contribution in [2.45, 2.75) is 24.9 Å². The van der Waals surface area contributed by atoms with Gasteiger partial charge in [-0.1, -0.05) is 6.07 Å². The third-order valence-electron chi connectivity index (χ3n) is 4.55. The lowest BCUT2D eigenvalue weighted by atomic mass is 10.0. The predicted octanol–water partition coefficient (Wildman–Crippen LogP) is 2.37. The first-order chi connectivity index (χ1) is 11.1. The number of amides is 1. The molecule has 0 unspecified atom stereocenters. The number of likely N-dealkylation sites (N-methyl/N-ethyl adjacent to an activating group) is 2. The molecule has 0 aliphatic carbocycles. The van der Waals surface area contributed by atoms with Gasteiger partial charge in [0.1, 0.15) is 6.04 Å². The largest absolute Gasteiger partial charge is 0.454 e. The molecule has 0 aromatic heterocycles. The molecular weight excluding hydrogens is 312 g/mol. The summed E-state index contributed by atoms with van der Waals surface area (Å²) in [6.45, 7) is 0.249. The van der Waals surface area contributed by atoms with Crippen LogP contribution in [0.4, 0.5) is 0 Å². The number of benzene rings is 1. The van der Waals surface area contributed by atoms with Crippen molar-refractivity contribution < 1.29 is 14.3 Å². The second-order valence-electron chi connectivity index (χ2n) is 6.27. The Kier molecular flexibility index (Phi) is 5.02. The Morgan fingerprint density at radius 2 is 1.87 bits per heavy atom. The average Bonchev–Trinajstić information content (AvgIpc) is 3.02. The van der Waals surface area contributed by atoms with E-state index in [0.717, 1.165) is 41.4 Å². The van der Waals surface area contributed by atoms with Crippen LogP contribution < -0.4 is 9.47 Å². The summed E-state index contributed by atoms with van der Waals surface area (Å²) in [7, 11) is 5.82. The van der Waals surface area contributed by atoms with Crippen LogP contribution in [0.3, 0.4) is 0 Å². The van der Waals surface area contributed by atoms with Crippen LogP contribution in [0.15, 0.2) is 18.2 Å². The summed E-state index contributed by atoms with van der Waals surface area (Å²) in [6, 6.07) is 5.82. The van der Waals surface area contributed by atoms with Gasteiger partial charge in [0.25, 0.3) is 0 Å². The first kappa shape index (κ1) is 16.5. The van der Waals surface area contributed by atoms with E-state index in [2.05, 4.69) is 0 Å². The van der Waals surface area contributed by atoms with Gasteiger partial charge in [0.15, 0.2) is 11.5 Å². The topological polar surface area (TPSA) is 42.0 Å². The van der Waals surface area contributed by atoms with Crippen molar-refractivity contribution in [1.82, 2.24) is 9.80 Å². The second-order valence-corrected chi connectivity index (χ2v) is 7.50. The summed E-state index contributed by atoms with van der Waals surface area (Å²) < 4.78 is 10.8. The van der Waals surface area contributed by atoms with Crippen LogP contribution in [-0.4, -0.2) is 61.2 Å². The van der Waals surface area contributed by atoms with Crippen molar-refractivity contribution in [3.63, 3.8) is 0 Å². The van der Waals surface area contributed by atoms with Gasteiger partial charge in [0.05, 0.1) is 0 Å². The van der Waals surface area contributed by atoms with Crippen LogP contribution in [-0.2, 0) is 4.79 Å². The van der Waals surface area contributed by atoms with E-state index < -0.39 is 0 Å². The van der Waals surface area contributed by atoms with E-state index >= 15 is 0 Å². The summed E-state index contributed by atoms with van der Waals surface area (Å²) in [4.78, 5) is 17.0. The Bertz CT molecular complexity index is 573. The molecule has 0 saturated carbocycles. The van der Waals surface area contributed by atoms with E-state index in [9.17, 15) is 4.79 Å². The van der Waals surface area contributed by atoms with Crippen LogP contribution in [0.25, 0.3) is 0 Å². The van der Waals surface area contributed by atoms with E-state index in [1.54, 1.807) is 0 Å².